The van der Waals surface area contributed by atoms with E-state index in [9.17, 15) is 9.59 Å². The number of nitrogens with one attached hydrogen (secondary N) is 1. The Morgan fingerprint density at radius 3 is 2.56 bits per heavy atom. The van der Waals surface area contributed by atoms with E-state index in [-0.39, 0.29) is 17.2 Å². The highest BCUT2D eigenvalue weighted by molar-refractivity contribution is 7.13. The number of carboxylic acid groups (broad SMARTS) is 1. The fraction of sp³-hybridized carbons (Fsp3) is 0.353. The number of carbonyl (C=O) groups is 2. The molecule has 25 heavy (non-hydrogen) atoms. The van der Waals surface area contributed by atoms with Crippen LogP contribution in [0.1, 0.15) is 25.9 Å². The highest BCUT2D eigenvalue weighted by Gasteiger charge is 2.15. The van der Waals surface area contributed by atoms with Gasteiger partial charge >= 0.3 is 5.97 Å². The Kier molecular flexibility index (Phi) is 6.35. The maximum atomic E-state index is 12.0. The number of aromatic carboxylic acids is 1. The highest BCUT2D eigenvalue weighted by Crippen LogP contribution is 2.27. The Morgan fingerprint density at radius 1 is 1.24 bits per heavy atom. The Bertz CT molecular complexity index is 772. The molecule has 0 aliphatic rings. The Hall–Kier alpha value is -2.61. The van der Waals surface area contributed by atoms with Gasteiger partial charge in [-0.3, -0.25) is 4.79 Å². The van der Waals surface area contributed by atoms with Crippen LogP contribution in [0.4, 0.5) is 0 Å². The summed E-state index contributed by atoms with van der Waals surface area (Å²) in [6.07, 6.45) is 0.716. The van der Waals surface area contributed by atoms with Crippen LogP contribution >= 0.6 is 11.3 Å². The molecule has 0 fully saturated rings. The van der Waals surface area contributed by atoms with E-state index in [1.165, 1.54) is 0 Å². The zero-order valence-corrected chi connectivity index (χ0v) is 15.1. The minimum absolute atomic E-state index is 0.0741. The third-order valence-electron chi connectivity index (χ3n) is 3.53. The van der Waals surface area contributed by atoms with Gasteiger partial charge in [-0.15, -0.1) is 11.3 Å². The molecule has 0 atom stereocenters. The van der Waals surface area contributed by atoms with Gasteiger partial charge in [0.2, 0.25) is 5.91 Å². The molecule has 0 bridgehead atoms. The summed E-state index contributed by atoms with van der Waals surface area (Å²) in [5.41, 5.74) is 1.45. The number of amides is 1. The first kappa shape index (κ1) is 18.7. The summed E-state index contributed by atoms with van der Waals surface area (Å²) in [6, 6.07) is 5.60. The molecule has 134 valence electrons. The summed E-state index contributed by atoms with van der Waals surface area (Å²) in [5, 5.41) is 12.3. The standard InChI is InChI=1S/C17H20N2O5S/c1-10-16(17(21)22)25-15(19-10)9-14(20)18-7-6-11-4-5-12(23-2)13(8-11)24-3/h4-5,8H,6-7,9H2,1-3H3,(H,18,20)(H,21,22). The second-order valence-corrected chi connectivity index (χ2v) is 6.38. The Labute approximate surface area is 149 Å². The molecular weight excluding hydrogens is 344 g/mol. The molecule has 1 aromatic carbocycles. The first-order valence-corrected chi connectivity index (χ1v) is 8.43. The zero-order valence-electron chi connectivity index (χ0n) is 14.3. The third kappa shape index (κ3) is 4.93. The van der Waals surface area contributed by atoms with Gasteiger partial charge in [-0.1, -0.05) is 6.07 Å². The van der Waals surface area contributed by atoms with Crippen molar-refractivity contribution in [3.8, 4) is 11.5 Å². The van der Waals surface area contributed by atoms with Crippen LogP contribution in [0.2, 0.25) is 0 Å². The van der Waals surface area contributed by atoms with Gasteiger partial charge in [-0.2, -0.15) is 0 Å². The normalized spacial score (nSPS) is 10.4. The number of ether oxygens (including phenoxy) is 2. The predicted molar refractivity (Wildman–Crippen MR) is 93.8 cm³/mol. The summed E-state index contributed by atoms with van der Waals surface area (Å²) >= 11 is 1.03. The Morgan fingerprint density at radius 2 is 1.96 bits per heavy atom. The molecule has 0 saturated heterocycles. The lowest BCUT2D eigenvalue weighted by molar-refractivity contribution is -0.120. The minimum atomic E-state index is -1.02. The van der Waals surface area contributed by atoms with Crippen molar-refractivity contribution in [2.75, 3.05) is 20.8 Å². The van der Waals surface area contributed by atoms with Gasteiger partial charge in [0.15, 0.2) is 11.5 Å². The predicted octanol–water partition coefficient (Wildman–Crippen LogP) is 2.07. The third-order valence-corrected chi connectivity index (χ3v) is 4.68. The van der Waals surface area contributed by atoms with Gasteiger partial charge in [0, 0.05) is 6.54 Å². The summed E-state index contributed by atoms with van der Waals surface area (Å²) < 4.78 is 10.4. The van der Waals surface area contributed by atoms with E-state index in [4.69, 9.17) is 14.6 Å². The van der Waals surface area contributed by atoms with Gasteiger partial charge in [0.25, 0.3) is 0 Å². The molecule has 7 nitrogen and oxygen atoms in total. The number of aryl methyl sites for hydroxylation is 1. The lowest BCUT2D eigenvalue weighted by Crippen LogP contribution is -2.27. The topological polar surface area (TPSA) is 97.8 Å². The molecule has 0 saturated carbocycles. The molecule has 0 spiro atoms. The average molecular weight is 364 g/mol. The number of aromatic nitrogens is 1. The fourth-order valence-corrected chi connectivity index (χ4v) is 3.21. The molecule has 0 unspecified atom stereocenters. The largest absolute Gasteiger partial charge is 0.493 e. The van der Waals surface area contributed by atoms with Crippen LogP contribution < -0.4 is 14.8 Å². The van der Waals surface area contributed by atoms with Crippen molar-refractivity contribution in [3.63, 3.8) is 0 Å². The molecule has 0 aliphatic heterocycles. The molecule has 1 heterocycles. The van der Waals surface area contributed by atoms with Crippen LogP contribution in [-0.4, -0.2) is 42.7 Å². The maximum Gasteiger partial charge on any atom is 0.347 e. The summed E-state index contributed by atoms with van der Waals surface area (Å²) in [5.74, 6) is 0.0933. The number of benzene rings is 1. The number of methoxy groups -OCH3 is 2. The maximum absolute atomic E-state index is 12.0. The van der Waals surface area contributed by atoms with Crippen LogP contribution in [0, 0.1) is 6.92 Å². The van der Waals surface area contributed by atoms with E-state index in [0.29, 0.717) is 35.2 Å². The first-order valence-electron chi connectivity index (χ1n) is 7.61. The number of hydrogen-bond donors (Lipinski definition) is 2. The van der Waals surface area contributed by atoms with E-state index < -0.39 is 5.97 Å². The zero-order chi connectivity index (χ0) is 18.4. The number of carbonyl (C=O) groups excluding carboxylic acids is 1. The van der Waals surface area contributed by atoms with Crippen molar-refractivity contribution in [3.05, 3.63) is 39.3 Å². The van der Waals surface area contributed by atoms with E-state index in [1.54, 1.807) is 21.1 Å². The second-order valence-electron chi connectivity index (χ2n) is 5.29. The molecule has 2 rings (SSSR count). The highest BCUT2D eigenvalue weighted by atomic mass is 32.1. The van der Waals surface area contributed by atoms with E-state index in [0.717, 1.165) is 16.9 Å². The number of thiazole rings is 1. The van der Waals surface area contributed by atoms with Crippen molar-refractivity contribution < 1.29 is 24.2 Å². The van der Waals surface area contributed by atoms with Crippen molar-refractivity contribution in [1.29, 1.82) is 0 Å². The summed E-state index contributed by atoms with van der Waals surface area (Å²) in [6.45, 7) is 2.09. The first-order chi connectivity index (χ1) is 11.9. The van der Waals surface area contributed by atoms with E-state index in [2.05, 4.69) is 10.3 Å². The molecule has 0 radical (unpaired) electrons. The Balaban J connectivity index is 1.86. The molecular formula is C17H20N2O5S. The molecule has 2 aromatic rings. The van der Waals surface area contributed by atoms with E-state index >= 15 is 0 Å². The van der Waals surface area contributed by atoms with E-state index in [1.807, 2.05) is 18.2 Å². The SMILES string of the molecule is COc1ccc(CCNC(=O)Cc2nc(C)c(C(=O)O)s2)cc1OC. The van der Waals surface area contributed by atoms with Crippen LogP contribution in [0.15, 0.2) is 18.2 Å². The van der Waals surface area contributed by atoms with Crippen LogP contribution in [-0.2, 0) is 17.6 Å². The summed E-state index contributed by atoms with van der Waals surface area (Å²) in [4.78, 5) is 27.3. The fourth-order valence-electron chi connectivity index (χ4n) is 2.31. The summed E-state index contributed by atoms with van der Waals surface area (Å²) in [7, 11) is 3.15. The smallest absolute Gasteiger partial charge is 0.347 e. The lowest BCUT2D eigenvalue weighted by Gasteiger charge is -2.10. The molecule has 0 aliphatic carbocycles. The van der Waals surface area contributed by atoms with Gasteiger partial charge < -0.3 is 19.9 Å². The van der Waals surface area contributed by atoms with Gasteiger partial charge in [-0.05, 0) is 31.0 Å². The second kappa shape index (κ2) is 8.48. The van der Waals surface area contributed by atoms with Crippen molar-refractivity contribution in [1.82, 2.24) is 10.3 Å². The van der Waals surface area contributed by atoms with Crippen LogP contribution in [0.3, 0.4) is 0 Å². The van der Waals surface area contributed by atoms with Crippen LogP contribution in [0.5, 0.6) is 11.5 Å². The molecule has 2 N–H and O–H groups in total. The van der Waals surface area contributed by atoms with Crippen molar-refractivity contribution in [2.24, 2.45) is 0 Å². The quantitative estimate of drug-likeness (QED) is 0.744. The monoisotopic (exact) mass is 364 g/mol. The number of hydrogen-bond acceptors (Lipinski definition) is 6. The average Bonchev–Trinajstić information content (AvgIpc) is 2.95. The van der Waals surface area contributed by atoms with Crippen molar-refractivity contribution in [2.45, 2.75) is 19.8 Å². The lowest BCUT2D eigenvalue weighted by atomic mass is 10.1. The molecule has 8 heteroatoms. The van der Waals surface area contributed by atoms with Gasteiger partial charge in [0.05, 0.1) is 26.3 Å². The minimum Gasteiger partial charge on any atom is -0.493 e. The molecule has 1 aromatic heterocycles. The van der Waals surface area contributed by atoms with Gasteiger partial charge in [-0.25, -0.2) is 9.78 Å². The molecule has 1 amide bonds. The number of rotatable bonds is 8. The van der Waals surface area contributed by atoms with Crippen molar-refractivity contribution >= 4 is 23.2 Å². The van der Waals surface area contributed by atoms with Gasteiger partial charge in [0.1, 0.15) is 9.88 Å². The number of nitrogens with zero attached hydrogens (tertiary/aromatic N) is 1. The van der Waals surface area contributed by atoms with Crippen LogP contribution in [0.25, 0.3) is 0 Å². The number of carboxylic acids is 1.